The van der Waals surface area contributed by atoms with Crippen molar-refractivity contribution >= 4 is 11.6 Å². The molecule has 116 valence electrons. The largest absolute Gasteiger partial charge is 0.493 e. The van der Waals surface area contributed by atoms with Crippen LogP contribution in [0.3, 0.4) is 0 Å². The maximum Gasteiger partial charge on any atom is 0.257 e. The summed E-state index contributed by atoms with van der Waals surface area (Å²) >= 11 is 0. The topological polar surface area (TPSA) is 67.6 Å². The summed E-state index contributed by atoms with van der Waals surface area (Å²) in [6.45, 7) is 3.03. The van der Waals surface area contributed by atoms with Gasteiger partial charge >= 0.3 is 0 Å². The highest BCUT2D eigenvalue weighted by atomic mass is 16.5. The van der Waals surface area contributed by atoms with Crippen molar-refractivity contribution < 1.29 is 9.53 Å². The van der Waals surface area contributed by atoms with E-state index in [4.69, 9.17) is 10.5 Å². The Bertz CT molecular complexity index is 510. The molecule has 1 aromatic carbocycles. The molecule has 0 bridgehead atoms. The molecule has 5 nitrogen and oxygen atoms in total. The van der Waals surface area contributed by atoms with Gasteiger partial charge < -0.3 is 20.7 Å². The number of nitrogens with two attached hydrogens (primary N) is 1. The van der Waals surface area contributed by atoms with Gasteiger partial charge in [0, 0.05) is 17.8 Å². The Labute approximate surface area is 126 Å². The van der Waals surface area contributed by atoms with Gasteiger partial charge in [0.15, 0.2) is 0 Å². The van der Waals surface area contributed by atoms with Crippen molar-refractivity contribution in [2.75, 3.05) is 33.0 Å². The maximum absolute atomic E-state index is 12.5. The molecule has 0 heterocycles. The summed E-state index contributed by atoms with van der Waals surface area (Å²) in [6.07, 6.45) is 3.44. The Morgan fingerprint density at radius 2 is 2.14 bits per heavy atom. The molecule has 3 N–H and O–H groups in total. The predicted octanol–water partition coefficient (Wildman–Crippen LogP) is 1.88. The summed E-state index contributed by atoms with van der Waals surface area (Å²) in [5.74, 6) is 0.382. The van der Waals surface area contributed by atoms with Gasteiger partial charge in [0.1, 0.15) is 11.3 Å². The summed E-state index contributed by atoms with van der Waals surface area (Å²) in [5.41, 5.74) is 6.92. The molecule has 1 aromatic rings. The van der Waals surface area contributed by atoms with Crippen LogP contribution in [0.25, 0.3) is 0 Å². The van der Waals surface area contributed by atoms with E-state index in [9.17, 15) is 4.79 Å². The molecule has 0 atom stereocenters. The fourth-order valence-electron chi connectivity index (χ4n) is 2.77. The van der Waals surface area contributed by atoms with Crippen LogP contribution in [0.2, 0.25) is 0 Å². The lowest BCUT2D eigenvalue weighted by Crippen LogP contribution is -2.57. The van der Waals surface area contributed by atoms with Crippen LogP contribution in [-0.4, -0.2) is 43.6 Å². The Balaban J connectivity index is 2.10. The molecule has 1 aliphatic rings. The van der Waals surface area contributed by atoms with E-state index in [1.54, 1.807) is 18.2 Å². The lowest BCUT2D eigenvalue weighted by Gasteiger charge is -2.47. The second-order valence-electron chi connectivity index (χ2n) is 5.81. The molecular formula is C16H25N3O2. The summed E-state index contributed by atoms with van der Waals surface area (Å²) in [4.78, 5) is 14.7. The minimum Gasteiger partial charge on any atom is -0.493 e. The number of hydrogen-bond acceptors (Lipinski definition) is 4. The quantitative estimate of drug-likeness (QED) is 0.785. The first-order valence-electron chi connectivity index (χ1n) is 7.47. The summed E-state index contributed by atoms with van der Waals surface area (Å²) in [7, 11) is 4.13. The highest BCUT2D eigenvalue weighted by Crippen LogP contribution is 2.35. The molecule has 2 rings (SSSR count). The third-order valence-electron chi connectivity index (χ3n) is 4.40. The van der Waals surface area contributed by atoms with Crippen LogP contribution in [0.5, 0.6) is 5.75 Å². The Hall–Kier alpha value is -1.75. The van der Waals surface area contributed by atoms with E-state index >= 15 is 0 Å². The first-order valence-corrected chi connectivity index (χ1v) is 7.47. The van der Waals surface area contributed by atoms with Crippen LogP contribution < -0.4 is 15.8 Å². The number of benzene rings is 1. The number of carbonyl (C=O) groups is 1. The van der Waals surface area contributed by atoms with Crippen molar-refractivity contribution in [3.8, 4) is 5.75 Å². The molecule has 0 radical (unpaired) electrons. The van der Waals surface area contributed by atoms with E-state index in [2.05, 4.69) is 24.3 Å². The average Bonchev–Trinajstić information content (AvgIpc) is 2.37. The lowest BCUT2D eigenvalue weighted by atomic mass is 9.75. The number of amides is 1. The van der Waals surface area contributed by atoms with Crippen LogP contribution in [0.4, 0.5) is 5.69 Å². The van der Waals surface area contributed by atoms with Gasteiger partial charge in [0.05, 0.1) is 6.61 Å². The number of ether oxygens (including phenoxy) is 1. The minimum absolute atomic E-state index is 0.0883. The fourth-order valence-corrected chi connectivity index (χ4v) is 2.77. The highest BCUT2D eigenvalue weighted by Gasteiger charge is 2.39. The van der Waals surface area contributed by atoms with Crippen molar-refractivity contribution in [1.29, 1.82) is 0 Å². The summed E-state index contributed by atoms with van der Waals surface area (Å²) < 4.78 is 5.51. The number of nitrogens with zero attached hydrogens (tertiary/aromatic N) is 1. The molecule has 1 amide bonds. The van der Waals surface area contributed by atoms with Gasteiger partial charge in [0.25, 0.3) is 5.91 Å². The monoisotopic (exact) mass is 291 g/mol. The fraction of sp³-hybridized carbons (Fsp3) is 0.562. The maximum atomic E-state index is 12.5. The summed E-state index contributed by atoms with van der Waals surface area (Å²) in [6, 6.07) is 5.30. The normalized spacial score (nSPS) is 16.4. The smallest absolute Gasteiger partial charge is 0.257 e. The van der Waals surface area contributed by atoms with Gasteiger partial charge in [-0.05, 0) is 52.4 Å². The third kappa shape index (κ3) is 3.13. The van der Waals surface area contributed by atoms with E-state index in [-0.39, 0.29) is 11.4 Å². The number of nitrogens with one attached hydrogen (secondary N) is 1. The zero-order valence-corrected chi connectivity index (χ0v) is 13.1. The molecule has 0 spiro atoms. The van der Waals surface area contributed by atoms with Crippen molar-refractivity contribution in [2.24, 2.45) is 0 Å². The molecule has 0 unspecified atom stereocenters. The van der Waals surface area contributed by atoms with Gasteiger partial charge in [-0.3, -0.25) is 4.79 Å². The Morgan fingerprint density at radius 3 is 2.67 bits per heavy atom. The van der Waals surface area contributed by atoms with Gasteiger partial charge in [0.2, 0.25) is 0 Å². The number of likely N-dealkylation sites (N-methyl/N-ethyl adjacent to an activating group) is 1. The molecule has 1 aliphatic carbocycles. The molecule has 0 aromatic heterocycles. The lowest BCUT2D eigenvalue weighted by molar-refractivity contribution is 0.0557. The van der Waals surface area contributed by atoms with Crippen LogP contribution in [-0.2, 0) is 0 Å². The van der Waals surface area contributed by atoms with Crippen molar-refractivity contribution in [3.63, 3.8) is 0 Å². The van der Waals surface area contributed by atoms with Gasteiger partial charge in [-0.15, -0.1) is 0 Å². The third-order valence-corrected chi connectivity index (χ3v) is 4.40. The standard InChI is InChI=1S/C16H25N3O2/c1-4-21-13-8-5-7-12(17)14(13)15(20)18-11-16(19(2)3)9-6-10-16/h5,7-8H,4,6,9-11,17H2,1-3H3,(H,18,20). The first kappa shape index (κ1) is 15.6. The number of nitrogen functional groups attached to an aromatic ring is 1. The van der Waals surface area contributed by atoms with Gasteiger partial charge in [-0.25, -0.2) is 0 Å². The van der Waals surface area contributed by atoms with E-state index in [1.165, 1.54) is 6.42 Å². The molecule has 0 aliphatic heterocycles. The Morgan fingerprint density at radius 1 is 1.43 bits per heavy atom. The second kappa shape index (κ2) is 6.35. The zero-order chi connectivity index (χ0) is 15.5. The molecule has 1 saturated carbocycles. The van der Waals surface area contributed by atoms with Gasteiger partial charge in [-0.1, -0.05) is 6.07 Å². The first-order chi connectivity index (χ1) is 10.00. The number of anilines is 1. The molecular weight excluding hydrogens is 266 g/mol. The van der Waals surface area contributed by atoms with Crippen molar-refractivity contribution in [2.45, 2.75) is 31.7 Å². The zero-order valence-electron chi connectivity index (χ0n) is 13.1. The van der Waals surface area contributed by atoms with E-state index in [1.807, 2.05) is 6.92 Å². The van der Waals surface area contributed by atoms with Gasteiger partial charge in [-0.2, -0.15) is 0 Å². The molecule has 5 heteroatoms. The van der Waals surface area contributed by atoms with E-state index < -0.39 is 0 Å². The summed E-state index contributed by atoms with van der Waals surface area (Å²) in [5, 5.41) is 3.02. The molecule has 1 fully saturated rings. The minimum atomic E-state index is -0.162. The van der Waals surface area contributed by atoms with Crippen LogP contribution in [0.1, 0.15) is 36.5 Å². The number of hydrogen-bond donors (Lipinski definition) is 2. The van der Waals surface area contributed by atoms with Crippen LogP contribution >= 0.6 is 0 Å². The second-order valence-corrected chi connectivity index (χ2v) is 5.81. The number of rotatable bonds is 6. The number of carbonyl (C=O) groups excluding carboxylic acids is 1. The molecule has 0 saturated heterocycles. The van der Waals surface area contributed by atoms with Crippen LogP contribution in [0.15, 0.2) is 18.2 Å². The predicted molar refractivity (Wildman–Crippen MR) is 84.6 cm³/mol. The molecule has 21 heavy (non-hydrogen) atoms. The van der Waals surface area contributed by atoms with Crippen molar-refractivity contribution in [3.05, 3.63) is 23.8 Å². The Kier molecular flexibility index (Phi) is 4.73. The van der Waals surface area contributed by atoms with Crippen molar-refractivity contribution in [1.82, 2.24) is 10.2 Å². The highest BCUT2D eigenvalue weighted by molar-refractivity contribution is 6.01. The average molecular weight is 291 g/mol. The van der Waals surface area contributed by atoms with E-state index in [0.717, 1.165) is 12.8 Å². The van der Waals surface area contributed by atoms with Crippen LogP contribution in [0, 0.1) is 0 Å². The SMILES string of the molecule is CCOc1cccc(N)c1C(=O)NCC1(N(C)C)CCC1. The van der Waals surface area contributed by atoms with E-state index in [0.29, 0.717) is 30.2 Å².